The molecular formula is C23H28N6O. The number of anilines is 3. The Morgan fingerprint density at radius 3 is 2.60 bits per heavy atom. The van der Waals surface area contributed by atoms with E-state index in [9.17, 15) is 0 Å². The van der Waals surface area contributed by atoms with Gasteiger partial charge in [0.15, 0.2) is 0 Å². The van der Waals surface area contributed by atoms with Gasteiger partial charge < -0.3 is 15.0 Å². The van der Waals surface area contributed by atoms with Gasteiger partial charge >= 0.3 is 0 Å². The Labute approximate surface area is 177 Å². The summed E-state index contributed by atoms with van der Waals surface area (Å²) < 4.78 is 7.35. The molecule has 2 fully saturated rings. The van der Waals surface area contributed by atoms with E-state index in [-0.39, 0.29) is 0 Å². The van der Waals surface area contributed by atoms with Crippen LogP contribution in [0.15, 0.2) is 54.9 Å². The number of ether oxygens (including phenoxy) is 1. The molecule has 7 nitrogen and oxygen atoms in total. The maximum atomic E-state index is 5.56. The summed E-state index contributed by atoms with van der Waals surface area (Å²) >= 11 is 0. The standard InChI is InChI=1S/C23H28N6O/c1-18-13-19(25-23-24-17-29(26-23)20-5-3-2-4-6-20)15-22(14-18)28-10-8-27(9-11-28)21-7-12-30-16-21/h2-6,13-15,17,21H,7-12,16H2,1H3,(H,25,26). The number of nitrogens with one attached hydrogen (secondary N) is 1. The van der Waals surface area contributed by atoms with Gasteiger partial charge in [-0.05, 0) is 49.2 Å². The molecule has 0 bridgehead atoms. The van der Waals surface area contributed by atoms with E-state index >= 15 is 0 Å². The first-order valence-electron chi connectivity index (χ1n) is 10.7. The van der Waals surface area contributed by atoms with Gasteiger partial charge in [-0.15, -0.1) is 5.10 Å². The Morgan fingerprint density at radius 1 is 1.00 bits per heavy atom. The molecule has 1 atom stereocenters. The molecule has 0 radical (unpaired) electrons. The number of piperazine rings is 1. The molecule has 0 spiro atoms. The van der Waals surface area contributed by atoms with Crippen LogP contribution < -0.4 is 10.2 Å². The highest BCUT2D eigenvalue weighted by Crippen LogP contribution is 2.26. The molecule has 0 saturated carbocycles. The molecule has 2 aliphatic rings. The zero-order valence-corrected chi connectivity index (χ0v) is 17.4. The van der Waals surface area contributed by atoms with Gasteiger partial charge in [0, 0.05) is 50.2 Å². The van der Waals surface area contributed by atoms with Gasteiger partial charge in [0.05, 0.1) is 12.3 Å². The molecule has 3 aromatic rings. The number of aromatic nitrogens is 3. The normalized spacial score (nSPS) is 19.9. The third kappa shape index (κ3) is 4.17. The molecule has 2 aromatic carbocycles. The number of hydrogen-bond acceptors (Lipinski definition) is 6. The van der Waals surface area contributed by atoms with Crippen molar-refractivity contribution in [3.05, 3.63) is 60.4 Å². The van der Waals surface area contributed by atoms with E-state index in [1.165, 1.54) is 17.7 Å². The summed E-state index contributed by atoms with van der Waals surface area (Å²) in [6.07, 6.45) is 2.90. The minimum absolute atomic E-state index is 0.599. The molecule has 156 valence electrons. The highest BCUT2D eigenvalue weighted by molar-refractivity contribution is 5.64. The van der Waals surface area contributed by atoms with Gasteiger partial charge in [-0.1, -0.05) is 18.2 Å². The van der Waals surface area contributed by atoms with Crippen LogP contribution in [-0.4, -0.2) is 65.1 Å². The molecule has 0 amide bonds. The maximum Gasteiger partial charge on any atom is 0.246 e. The summed E-state index contributed by atoms with van der Waals surface area (Å²) in [6, 6.07) is 17.2. The highest BCUT2D eigenvalue weighted by Gasteiger charge is 2.27. The first-order valence-corrected chi connectivity index (χ1v) is 10.7. The number of para-hydroxylation sites is 1. The van der Waals surface area contributed by atoms with Crippen LogP contribution in [0.5, 0.6) is 0 Å². The lowest BCUT2D eigenvalue weighted by Crippen LogP contribution is -2.50. The van der Waals surface area contributed by atoms with Crippen LogP contribution in [0, 0.1) is 6.92 Å². The van der Waals surface area contributed by atoms with Crippen molar-refractivity contribution < 1.29 is 4.74 Å². The van der Waals surface area contributed by atoms with E-state index in [4.69, 9.17) is 4.74 Å². The molecule has 30 heavy (non-hydrogen) atoms. The molecule has 1 aromatic heterocycles. The predicted octanol–water partition coefficient (Wildman–Crippen LogP) is 3.23. The van der Waals surface area contributed by atoms with Crippen LogP contribution in [0.3, 0.4) is 0 Å². The lowest BCUT2D eigenvalue weighted by atomic mass is 10.1. The number of benzene rings is 2. The predicted molar refractivity (Wildman–Crippen MR) is 119 cm³/mol. The molecule has 5 rings (SSSR count). The smallest absolute Gasteiger partial charge is 0.246 e. The Kier molecular flexibility index (Phi) is 5.38. The Morgan fingerprint density at radius 2 is 1.83 bits per heavy atom. The summed E-state index contributed by atoms with van der Waals surface area (Å²) in [7, 11) is 0. The molecule has 0 aliphatic carbocycles. The molecule has 1 unspecified atom stereocenters. The van der Waals surface area contributed by atoms with E-state index < -0.39 is 0 Å². The molecule has 3 heterocycles. The molecule has 7 heteroatoms. The van der Waals surface area contributed by atoms with Gasteiger partial charge in [-0.25, -0.2) is 4.68 Å². The second kappa shape index (κ2) is 8.45. The molecule has 1 N–H and O–H groups in total. The SMILES string of the molecule is Cc1cc(Nc2ncn(-c3ccccc3)n2)cc(N2CCN(C3CCOC3)CC2)c1. The van der Waals surface area contributed by atoms with Crippen molar-refractivity contribution >= 4 is 17.3 Å². The Balaban J connectivity index is 1.27. The first-order chi connectivity index (χ1) is 14.7. The van der Waals surface area contributed by atoms with E-state index in [1.54, 1.807) is 11.0 Å². The summed E-state index contributed by atoms with van der Waals surface area (Å²) in [5.74, 6) is 0.599. The third-order valence-corrected chi connectivity index (χ3v) is 5.93. The van der Waals surface area contributed by atoms with Crippen molar-refractivity contribution in [2.75, 3.05) is 49.6 Å². The minimum atomic E-state index is 0.599. The highest BCUT2D eigenvalue weighted by atomic mass is 16.5. The summed E-state index contributed by atoms with van der Waals surface area (Å²) in [6.45, 7) is 8.20. The quantitative estimate of drug-likeness (QED) is 0.705. The van der Waals surface area contributed by atoms with E-state index in [0.29, 0.717) is 12.0 Å². The van der Waals surface area contributed by atoms with Gasteiger partial charge in [-0.3, -0.25) is 4.90 Å². The fourth-order valence-electron chi connectivity index (χ4n) is 4.33. The van der Waals surface area contributed by atoms with Crippen molar-refractivity contribution in [1.29, 1.82) is 0 Å². The van der Waals surface area contributed by atoms with Crippen LogP contribution in [0.4, 0.5) is 17.3 Å². The zero-order chi connectivity index (χ0) is 20.3. The van der Waals surface area contributed by atoms with E-state index in [0.717, 1.165) is 50.8 Å². The van der Waals surface area contributed by atoms with Crippen LogP contribution in [-0.2, 0) is 4.74 Å². The van der Waals surface area contributed by atoms with Crippen molar-refractivity contribution in [1.82, 2.24) is 19.7 Å². The van der Waals surface area contributed by atoms with Gasteiger partial charge in [0.25, 0.3) is 0 Å². The number of rotatable bonds is 5. The fraction of sp³-hybridized carbons (Fsp3) is 0.391. The molecular weight excluding hydrogens is 376 g/mol. The summed E-state index contributed by atoms with van der Waals surface area (Å²) in [4.78, 5) is 9.48. The largest absolute Gasteiger partial charge is 0.380 e. The van der Waals surface area contributed by atoms with Crippen LogP contribution in [0.1, 0.15) is 12.0 Å². The van der Waals surface area contributed by atoms with E-state index in [2.05, 4.69) is 50.3 Å². The van der Waals surface area contributed by atoms with Crippen molar-refractivity contribution in [3.8, 4) is 5.69 Å². The fourth-order valence-corrected chi connectivity index (χ4v) is 4.33. The second-order valence-electron chi connectivity index (χ2n) is 8.07. The zero-order valence-electron chi connectivity index (χ0n) is 17.4. The van der Waals surface area contributed by atoms with Gasteiger partial charge in [-0.2, -0.15) is 4.98 Å². The van der Waals surface area contributed by atoms with Crippen molar-refractivity contribution in [2.24, 2.45) is 0 Å². The second-order valence-corrected chi connectivity index (χ2v) is 8.07. The van der Waals surface area contributed by atoms with E-state index in [1.807, 2.05) is 30.3 Å². The van der Waals surface area contributed by atoms with Crippen molar-refractivity contribution in [2.45, 2.75) is 19.4 Å². The monoisotopic (exact) mass is 404 g/mol. The number of nitrogens with zero attached hydrogens (tertiary/aromatic N) is 5. The average Bonchev–Trinajstić information content (AvgIpc) is 3.47. The summed E-state index contributed by atoms with van der Waals surface area (Å²) in [5, 5.41) is 7.94. The lowest BCUT2D eigenvalue weighted by Gasteiger charge is -2.38. The van der Waals surface area contributed by atoms with Gasteiger partial charge in [0.2, 0.25) is 5.95 Å². The maximum absolute atomic E-state index is 5.56. The topological polar surface area (TPSA) is 58.5 Å². The molecule has 2 saturated heterocycles. The summed E-state index contributed by atoms with van der Waals surface area (Å²) in [5.41, 5.74) is 4.49. The average molecular weight is 405 g/mol. The minimum Gasteiger partial charge on any atom is -0.380 e. The van der Waals surface area contributed by atoms with Gasteiger partial charge in [0.1, 0.15) is 6.33 Å². The Hall–Kier alpha value is -2.90. The number of aryl methyl sites for hydroxylation is 1. The van der Waals surface area contributed by atoms with Crippen LogP contribution >= 0.6 is 0 Å². The number of hydrogen-bond donors (Lipinski definition) is 1. The van der Waals surface area contributed by atoms with Crippen LogP contribution in [0.25, 0.3) is 5.69 Å². The van der Waals surface area contributed by atoms with Crippen LogP contribution in [0.2, 0.25) is 0 Å². The first kappa shape index (κ1) is 19.1. The lowest BCUT2D eigenvalue weighted by molar-refractivity contribution is 0.139. The Bertz CT molecular complexity index is 974. The third-order valence-electron chi connectivity index (χ3n) is 5.93. The molecule has 2 aliphatic heterocycles. The van der Waals surface area contributed by atoms with Crippen molar-refractivity contribution in [3.63, 3.8) is 0 Å².